The van der Waals surface area contributed by atoms with Crippen LogP contribution >= 0.6 is 0 Å². The first kappa shape index (κ1) is 11.7. The Morgan fingerprint density at radius 3 is 2.37 bits per heavy atom. The van der Waals surface area contributed by atoms with Crippen LogP contribution in [-0.2, 0) is 4.79 Å². The van der Waals surface area contributed by atoms with E-state index in [1.165, 1.54) is 6.92 Å². The normalized spacial score (nSPS) is 15.3. The summed E-state index contributed by atoms with van der Waals surface area (Å²) in [5.74, 6) is -1.34. The maximum atomic E-state index is 12.1. The van der Waals surface area contributed by atoms with Crippen LogP contribution in [0.3, 0.4) is 0 Å². The summed E-state index contributed by atoms with van der Waals surface area (Å²) in [6, 6.07) is 1.72. The van der Waals surface area contributed by atoms with Gasteiger partial charge >= 0.3 is 0 Å². The number of aliphatic hydroxyl groups excluding tert-OH is 1. The van der Waals surface area contributed by atoms with Crippen molar-refractivity contribution in [1.82, 2.24) is 0 Å². The van der Waals surface area contributed by atoms with Crippen LogP contribution in [0.25, 0.3) is 16.7 Å². The van der Waals surface area contributed by atoms with Crippen molar-refractivity contribution < 1.29 is 19.1 Å². The number of aryl methyl sites for hydroxylation is 2. The second-order valence-corrected chi connectivity index (χ2v) is 4.87. The molecule has 0 bridgehead atoms. The molecule has 1 aromatic heterocycles. The van der Waals surface area contributed by atoms with Crippen LogP contribution in [0.15, 0.2) is 22.3 Å². The van der Waals surface area contributed by atoms with Crippen molar-refractivity contribution >= 4 is 28.3 Å². The lowest BCUT2D eigenvalue weighted by Crippen LogP contribution is -2.24. The van der Waals surface area contributed by atoms with E-state index in [0.29, 0.717) is 22.1 Å². The summed E-state index contributed by atoms with van der Waals surface area (Å²) in [5.41, 5.74) is 2.86. The highest BCUT2D eigenvalue weighted by Crippen LogP contribution is 2.37. The molecule has 1 aliphatic carbocycles. The Morgan fingerprint density at radius 2 is 1.68 bits per heavy atom. The van der Waals surface area contributed by atoms with Gasteiger partial charge in [-0.1, -0.05) is 0 Å². The number of carbonyl (C=O) groups is 2. The van der Waals surface area contributed by atoms with Gasteiger partial charge in [0.2, 0.25) is 11.6 Å². The molecule has 0 fully saturated rings. The Bertz CT molecular complexity index is 790. The van der Waals surface area contributed by atoms with Gasteiger partial charge in [-0.2, -0.15) is 0 Å². The maximum absolute atomic E-state index is 12.1. The lowest BCUT2D eigenvalue weighted by atomic mass is 9.84. The standard InChI is InChI=1S/C15H12O4/c1-6-4-9-10(7(2)5-19-9)12-11(6)15(18)14(17)8(3)13(12)16/h4-5,16H,1-3H3. The summed E-state index contributed by atoms with van der Waals surface area (Å²) in [4.78, 5) is 24.0. The van der Waals surface area contributed by atoms with Crippen molar-refractivity contribution in [2.24, 2.45) is 0 Å². The highest BCUT2D eigenvalue weighted by Gasteiger charge is 2.34. The van der Waals surface area contributed by atoms with E-state index in [0.717, 1.165) is 5.56 Å². The van der Waals surface area contributed by atoms with E-state index in [2.05, 4.69) is 0 Å². The van der Waals surface area contributed by atoms with Crippen molar-refractivity contribution in [2.45, 2.75) is 20.8 Å². The molecule has 4 heteroatoms. The molecular weight excluding hydrogens is 244 g/mol. The molecule has 4 nitrogen and oxygen atoms in total. The first-order valence-corrected chi connectivity index (χ1v) is 5.94. The van der Waals surface area contributed by atoms with E-state index >= 15 is 0 Å². The zero-order chi connectivity index (χ0) is 13.9. The van der Waals surface area contributed by atoms with Gasteiger partial charge in [-0.25, -0.2) is 0 Å². The minimum Gasteiger partial charge on any atom is -0.507 e. The zero-order valence-corrected chi connectivity index (χ0v) is 10.8. The number of furan rings is 1. The van der Waals surface area contributed by atoms with Gasteiger partial charge < -0.3 is 9.52 Å². The highest BCUT2D eigenvalue weighted by molar-refractivity contribution is 6.52. The molecule has 3 rings (SSSR count). The summed E-state index contributed by atoms with van der Waals surface area (Å²) >= 11 is 0. The Kier molecular flexibility index (Phi) is 2.20. The predicted molar refractivity (Wildman–Crippen MR) is 70.2 cm³/mol. The Balaban J connectivity index is 2.59. The lowest BCUT2D eigenvalue weighted by molar-refractivity contribution is -0.111. The third kappa shape index (κ3) is 1.34. The predicted octanol–water partition coefficient (Wildman–Crippen LogP) is 3.10. The molecule has 1 aromatic carbocycles. The van der Waals surface area contributed by atoms with Crippen molar-refractivity contribution in [3.63, 3.8) is 0 Å². The highest BCUT2D eigenvalue weighted by atomic mass is 16.3. The molecule has 1 N–H and O–H groups in total. The minimum atomic E-state index is -0.645. The molecule has 0 radical (unpaired) electrons. The zero-order valence-electron chi connectivity index (χ0n) is 10.8. The van der Waals surface area contributed by atoms with Crippen LogP contribution in [0.5, 0.6) is 0 Å². The molecule has 1 heterocycles. The quantitative estimate of drug-likeness (QED) is 0.735. The van der Waals surface area contributed by atoms with Crippen LogP contribution in [0.4, 0.5) is 0 Å². The smallest absolute Gasteiger partial charge is 0.234 e. The first-order chi connectivity index (χ1) is 8.93. The monoisotopic (exact) mass is 256 g/mol. The van der Waals surface area contributed by atoms with Crippen molar-refractivity contribution in [3.05, 3.63) is 40.2 Å². The number of Topliss-reactive ketones (excluding diaryl/α,β-unsaturated/α-hetero) is 2. The summed E-state index contributed by atoms with van der Waals surface area (Å²) in [7, 11) is 0. The van der Waals surface area contributed by atoms with Crippen LogP contribution in [0.2, 0.25) is 0 Å². The van der Waals surface area contributed by atoms with Crippen LogP contribution in [0.1, 0.15) is 34.0 Å². The third-order valence-electron chi connectivity index (χ3n) is 3.61. The summed E-state index contributed by atoms with van der Waals surface area (Å²) in [5, 5.41) is 10.9. The third-order valence-corrected chi connectivity index (χ3v) is 3.61. The summed E-state index contributed by atoms with van der Waals surface area (Å²) < 4.78 is 5.41. The molecule has 0 amide bonds. The summed E-state index contributed by atoms with van der Waals surface area (Å²) in [6.45, 7) is 5.03. The average molecular weight is 256 g/mol. The van der Waals surface area contributed by atoms with E-state index in [1.54, 1.807) is 19.3 Å². The van der Waals surface area contributed by atoms with E-state index in [1.807, 2.05) is 6.92 Å². The second-order valence-electron chi connectivity index (χ2n) is 4.87. The number of benzene rings is 1. The molecule has 19 heavy (non-hydrogen) atoms. The van der Waals surface area contributed by atoms with E-state index in [9.17, 15) is 14.7 Å². The average Bonchev–Trinajstić information content (AvgIpc) is 2.73. The van der Waals surface area contributed by atoms with Crippen molar-refractivity contribution in [1.29, 1.82) is 0 Å². The molecule has 0 spiro atoms. The number of rotatable bonds is 0. The minimum absolute atomic E-state index is 0.0880. The van der Waals surface area contributed by atoms with E-state index < -0.39 is 11.6 Å². The maximum Gasteiger partial charge on any atom is 0.234 e. The van der Waals surface area contributed by atoms with Gasteiger partial charge in [0.15, 0.2) is 0 Å². The Morgan fingerprint density at radius 1 is 1.00 bits per heavy atom. The topological polar surface area (TPSA) is 67.5 Å². The number of fused-ring (bicyclic) bond motifs is 3. The second kappa shape index (κ2) is 3.57. The molecule has 96 valence electrons. The SMILES string of the molecule is CC1=C(O)c2c(c(C)cc3occ(C)c23)C(=O)C1=O. The van der Waals surface area contributed by atoms with Gasteiger partial charge in [0.05, 0.1) is 6.26 Å². The molecule has 0 atom stereocenters. The fraction of sp³-hybridized carbons (Fsp3) is 0.200. The van der Waals surface area contributed by atoms with Gasteiger partial charge in [-0.15, -0.1) is 0 Å². The number of carbonyl (C=O) groups excluding carboxylic acids is 2. The number of allylic oxidation sites excluding steroid dienone is 1. The Hall–Kier alpha value is -2.36. The number of ketones is 2. The fourth-order valence-electron chi connectivity index (χ4n) is 2.59. The van der Waals surface area contributed by atoms with Gasteiger partial charge in [0.25, 0.3) is 0 Å². The van der Waals surface area contributed by atoms with Crippen molar-refractivity contribution in [3.8, 4) is 0 Å². The fourth-order valence-corrected chi connectivity index (χ4v) is 2.59. The Labute approximate surface area is 109 Å². The molecule has 2 aromatic rings. The van der Waals surface area contributed by atoms with Gasteiger partial charge in [-0.3, -0.25) is 9.59 Å². The molecule has 0 saturated heterocycles. The number of aliphatic hydroxyl groups is 1. The van der Waals surface area contributed by atoms with Crippen LogP contribution < -0.4 is 0 Å². The molecule has 0 saturated carbocycles. The van der Waals surface area contributed by atoms with E-state index in [-0.39, 0.29) is 16.9 Å². The molecule has 1 aliphatic rings. The van der Waals surface area contributed by atoms with Gasteiger partial charge in [0.1, 0.15) is 11.3 Å². The van der Waals surface area contributed by atoms with Gasteiger partial charge in [0, 0.05) is 22.1 Å². The number of hydrogen-bond acceptors (Lipinski definition) is 4. The van der Waals surface area contributed by atoms with Crippen molar-refractivity contribution in [2.75, 3.05) is 0 Å². The molecule has 0 unspecified atom stereocenters. The largest absolute Gasteiger partial charge is 0.507 e. The van der Waals surface area contributed by atoms with Gasteiger partial charge in [-0.05, 0) is 38.0 Å². The molecule has 0 aliphatic heterocycles. The summed E-state index contributed by atoms with van der Waals surface area (Å²) in [6.07, 6.45) is 1.58. The van der Waals surface area contributed by atoms with Crippen LogP contribution in [0, 0.1) is 13.8 Å². The molecular formula is C15H12O4. The van der Waals surface area contributed by atoms with E-state index in [4.69, 9.17) is 4.42 Å². The first-order valence-electron chi connectivity index (χ1n) is 5.94. The lowest BCUT2D eigenvalue weighted by Gasteiger charge is -2.18. The van der Waals surface area contributed by atoms with Crippen LogP contribution in [-0.4, -0.2) is 16.7 Å². The number of hydrogen-bond donors (Lipinski definition) is 1.